The Kier molecular flexibility index (Phi) is 5.12. The van der Waals surface area contributed by atoms with Gasteiger partial charge in [0.1, 0.15) is 17.4 Å². The van der Waals surface area contributed by atoms with Crippen molar-refractivity contribution in [1.82, 2.24) is 0 Å². The Morgan fingerprint density at radius 3 is 2.74 bits per heavy atom. The van der Waals surface area contributed by atoms with Gasteiger partial charge in [0.05, 0.1) is 12.8 Å². The maximum absolute atomic E-state index is 14.7. The molecule has 1 heterocycles. The topological polar surface area (TPSA) is 67.4 Å². The fraction of sp³-hybridized carbons (Fsp3) is 0.300. The van der Waals surface area contributed by atoms with Gasteiger partial charge in [-0.05, 0) is 30.2 Å². The van der Waals surface area contributed by atoms with E-state index in [0.29, 0.717) is 28.3 Å². The van der Waals surface area contributed by atoms with E-state index in [2.05, 4.69) is 10.6 Å². The number of anilines is 2. The van der Waals surface area contributed by atoms with Crippen LogP contribution >= 0.6 is 0 Å². The molecule has 0 aliphatic carbocycles. The molecule has 142 valence electrons. The minimum Gasteiger partial charge on any atom is -0.494 e. The quantitative estimate of drug-likeness (QED) is 0.847. The third-order valence-electron chi connectivity index (χ3n) is 4.67. The van der Waals surface area contributed by atoms with Crippen molar-refractivity contribution in [3.8, 4) is 5.75 Å². The van der Waals surface area contributed by atoms with E-state index in [0.717, 1.165) is 0 Å². The normalized spacial score (nSPS) is 15.7. The van der Waals surface area contributed by atoms with Crippen molar-refractivity contribution in [2.45, 2.75) is 32.6 Å². The number of aryl methyl sites for hydroxylation is 1. The number of carbonyl (C=O) groups is 2. The van der Waals surface area contributed by atoms with Crippen LogP contribution in [0.15, 0.2) is 24.3 Å². The lowest BCUT2D eigenvalue weighted by Gasteiger charge is -2.28. The first kappa shape index (κ1) is 18.8. The maximum Gasteiger partial charge on any atom is 0.225 e. The van der Waals surface area contributed by atoms with Gasteiger partial charge in [0, 0.05) is 36.1 Å². The zero-order chi connectivity index (χ0) is 19.7. The zero-order valence-electron chi connectivity index (χ0n) is 15.3. The molecule has 1 unspecified atom stereocenters. The van der Waals surface area contributed by atoms with E-state index < -0.39 is 17.6 Å². The number of ether oxygens (including phenoxy) is 1. The number of rotatable bonds is 4. The molecule has 5 nitrogen and oxygen atoms in total. The van der Waals surface area contributed by atoms with Gasteiger partial charge in [0.25, 0.3) is 0 Å². The van der Waals surface area contributed by atoms with Crippen LogP contribution in [0, 0.1) is 18.6 Å². The summed E-state index contributed by atoms with van der Waals surface area (Å²) < 4.78 is 34.5. The Morgan fingerprint density at radius 2 is 2.07 bits per heavy atom. The molecule has 0 aromatic heterocycles. The summed E-state index contributed by atoms with van der Waals surface area (Å²) in [6.45, 7) is 3.25. The Bertz CT molecular complexity index is 928. The van der Waals surface area contributed by atoms with Crippen molar-refractivity contribution < 1.29 is 23.1 Å². The van der Waals surface area contributed by atoms with Gasteiger partial charge in [0.2, 0.25) is 11.8 Å². The van der Waals surface area contributed by atoms with Gasteiger partial charge in [-0.25, -0.2) is 8.78 Å². The number of benzene rings is 2. The van der Waals surface area contributed by atoms with Gasteiger partial charge in [-0.2, -0.15) is 0 Å². The molecule has 2 N–H and O–H groups in total. The van der Waals surface area contributed by atoms with Gasteiger partial charge in [-0.3, -0.25) is 9.59 Å². The summed E-state index contributed by atoms with van der Waals surface area (Å²) in [4.78, 5) is 24.0. The van der Waals surface area contributed by atoms with Crippen molar-refractivity contribution in [2.24, 2.45) is 0 Å². The van der Waals surface area contributed by atoms with Crippen LogP contribution in [0.1, 0.15) is 42.4 Å². The van der Waals surface area contributed by atoms with Crippen molar-refractivity contribution in [1.29, 1.82) is 0 Å². The molecule has 3 rings (SSSR count). The summed E-state index contributed by atoms with van der Waals surface area (Å²) in [5.41, 5.74) is 1.46. The number of fused-ring (bicyclic) bond motifs is 1. The highest BCUT2D eigenvalue weighted by molar-refractivity contribution is 5.98. The number of hydrogen-bond acceptors (Lipinski definition) is 3. The summed E-state index contributed by atoms with van der Waals surface area (Å²) in [7, 11) is 1.44. The number of halogens is 2. The summed E-state index contributed by atoms with van der Waals surface area (Å²) >= 11 is 0. The highest BCUT2D eigenvalue weighted by Gasteiger charge is 2.32. The standard InChI is InChI=1S/C20H20F2N2O3/c1-4-17(25)24-15-7-11-12(19-13(21)6-5-10(2)20(19)22)8-18(26)23-14(11)9-16(15)27-3/h5-7,9,12H,4,8H2,1-3H3,(H,23,26)(H,24,25). The van der Waals surface area contributed by atoms with Crippen LogP contribution in [-0.2, 0) is 9.59 Å². The molecule has 0 bridgehead atoms. The van der Waals surface area contributed by atoms with Gasteiger partial charge < -0.3 is 15.4 Å². The van der Waals surface area contributed by atoms with E-state index in [1.807, 2.05) is 0 Å². The van der Waals surface area contributed by atoms with Gasteiger partial charge >= 0.3 is 0 Å². The van der Waals surface area contributed by atoms with Crippen LogP contribution < -0.4 is 15.4 Å². The van der Waals surface area contributed by atoms with Crippen molar-refractivity contribution >= 4 is 23.2 Å². The largest absolute Gasteiger partial charge is 0.494 e. The number of methoxy groups -OCH3 is 1. The lowest BCUT2D eigenvalue weighted by molar-refractivity contribution is -0.117. The Labute approximate surface area is 155 Å². The second-order valence-corrected chi connectivity index (χ2v) is 6.44. The van der Waals surface area contributed by atoms with E-state index in [-0.39, 0.29) is 30.2 Å². The lowest BCUT2D eigenvalue weighted by Crippen LogP contribution is -2.25. The minimum atomic E-state index is -0.808. The zero-order valence-corrected chi connectivity index (χ0v) is 15.3. The number of amides is 2. The first-order valence-electron chi connectivity index (χ1n) is 8.61. The van der Waals surface area contributed by atoms with E-state index >= 15 is 0 Å². The molecular weight excluding hydrogens is 354 g/mol. The van der Waals surface area contributed by atoms with E-state index in [9.17, 15) is 18.4 Å². The fourth-order valence-electron chi connectivity index (χ4n) is 3.25. The number of carbonyl (C=O) groups excluding carboxylic acids is 2. The molecular formula is C20H20F2N2O3. The predicted molar refractivity (Wildman–Crippen MR) is 98.1 cm³/mol. The number of hydrogen-bond donors (Lipinski definition) is 2. The monoisotopic (exact) mass is 374 g/mol. The van der Waals surface area contributed by atoms with Crippen LogP contribution in [0.3, 0.4) is 0 Å². The molecule has 0 saturated carbocycles. The second kappa shape index (κ2) is 7.34. The number of nitrogens with one attached hydrogen (secondary N) is 2. The Morgan fingerprint density at radius 1 is 1.33 bits per heavy atom. The highest BCUT2D eigenvalue weighted by Crippen LogP contribution is 2.43. The van der Waals surface area contributed by atoms with Gasteiger partial charge in [-0.15, -0.1) is 0 Å². The van der Waals surface area contributed by atoms with E-state index in [1.54, 1.807) is 26.0 Å². The molecule has 2 amide bonds. The van der Waals surface area contributed by atoms with E-state index in [1.165, 1.54) is 19.2 Å². The Balaban J connectivity index is 2.19. The first-order valence-corrected chi connectivity index (χ1v) is 8.61. The third-order valence-corrected chi connectivity index (χ3v) is 4.67. The maximum atomic E-state index is 14.7. The third kappa shape index (κ3) is 3.49. The van der Waals surface area contributed by atoms with Crippen LogP contribution in [0.5, 0.6) is 5.75 Å². The van der Waals surface area contributed by atoms with Crippen LogP contribution in [-0.4, -0.2) is 18.9 Å². The molecule has 0 saturated heterocycles. The smallest absolute Gasteiger partial charge is 0.225 e. The Hall–Kier alpha value is -2.96. The van der Waals surface area contributed by atoms with Crippen molar-refractivity contribution in [3.63, 3.8) is 0 Å². The fourth-order valence-corrected chi connectivity index (χ4v) is 3.25. The summed E-state index contributed by atoms with van der Waals surface area (Å²) in [5.74, 6) is -2.41. The predicted octanol–water partition coefficient (Wildman–Crippen LogP) is 4.10. The molecule has 2 aromatic rings. The second-order valence-electron chi connectivity index (χ2n) is 6.44. The van der Waals surface area contributed by atoms with Gasteiger partial charge in [-0.1, -0.05) is 13.0 Å². The average Bonchev–Trinajstić information content (AvgIpc) is 2.64. The first-order chi connectivity index (χ1) is 12.8. The van der Waals surface area contributed by atoms with Crippen LogP contribution in [0.2, 0.25) is 0 Å². The molecule has 0 fully saturated rings. The molecule has 0 spiro atoms. The molecule has 27 heavy (non-hydrogen) atoms. The summed E-state index contributed by atoms with van der Waals surface area (Å²) in [6, 6.07) is 5.71. The molecule has 2 aromatic carbocycles. The van der Waals surface area contributed by atoms with Crippen molar-refractivity contribution in [2.75, 3.05) is 17.7 Å². The van der Waals surface area contributed by atoms with Gasteiger partial charge in [0.15, 0.2) is 0 Å². The molecule has 0 radical (unpaired) electrons. The lowest BCUT2D eigenvalue weighted by atomic mass is 9.83. The van der Waals surface area contributed by atoms with E-state index in [4.69, 9.17) is 4.74 Å². The summed E-state index contributed by atoms with van der Waals surface area (Å²) in [6.07, 6.45) is 0.166. The van der Waals surface area contributed by atoms with Crippen molar-refractivity contribution in [3.05, 3.63) is 52.6 Å². The minimum absolute atomic E-state index is 0.0994. The molecule has 1 aliphatic rings. The SMILES string of the molecule is CCC(=O)Nc1cc2c(cc1OC)NC(=O)CC2c1c(F)ccc(C)c1F. The van der Waals surface area contributed by atoms with Crippen LogP contribution in [0.4, 0.5) is 20.2 Å². The average molecular weight is 374 g/mol. The van der Waals surface area contributed by atoms with Crippen LogP contribution in [0.25, 0.3) is 0 Å². The molecule has 1 atom stereocenters. The summed E-state index contributed by atoms with van der Waals surface area (Å²) in [5, 5.41) is 5.43. The molecule has 7 heteroatoms. The molecule has 1 aliphatic heterocycles. The highest BCUT2D eigenvalue weighted by atomic mass is 19.1.